The summed E-state index contributed by atoms with van der Waals surface area (Å²) in [7, 11) is 1.42. The van der Waals surface area contributed by atoms with Gasteiger partial charge in [0.05, 0.1) is 18.8 Å². The molecule has 2 atom stereocenters. The SMILES string of the molecule is CCCCN1C(=Nc2ccc(Cl)cc2)N(c2ccc(Cl)cc2)[C@H](C(=O)OC)[C@@H]1C. The zero-order valence-corrected chi connectivity index (χ0v) is 18.3. The first-order chi connectivity index (χ1) is 14.0. The molecule has 1 heterocycles. The highest BCUT2D eigenvalue weighted by molar-refractivity contribution is 6.31. The molecular formula is C22H25Cl2N3O2. The maximum absolute atomic E-state index is 12.7. The Morgan fingerprint density at radius 3 is 2.21 bits per heavy atom. The van der Waals surface area contributed by atoms with Gasteiger partial charge in [-0.25, -0.2) is 9.79 Å². The first kappa shape index (κ1) is 21.5. The van der Waals surface area contributed by atoms with Crippen molar-refractivity contribution in [3.05, 3.63) is 58.6 Å². The van der Waals surface area contributed by atoms with Gasteiger partial charge in [-0.2, -0.15) is 0 Å². The van der Waals surface area contributed by atoms with Gasteiger partial charge in [0.1, 0.15) is 0 Å². The van der Waals surface area contributed by atoms with Crippen LogP contribution in [0.5, 0.6) is 0 Å². The standard InChI is InChI=1S/C22H25Cl2N3O2/c1-4-5-14-26-15(2)20(21(28)29-3)27(19-12-8-17(24)9-13-19)22(26)25-18-10-6-16(23)7-11-18/h6-13,15,20H,4-5,14H2,1-3H3/t15-,20-/m0/s1. The molecule has 2 aromatic carbocycles. The second-order valence-electron chi connectivity index (χ2n) is 6.99. The molecule has 154 valence electrons. The van der Waals surface area contributed by atoms with E-state index in [1.165, 1.54) is 7.11 Å². The number of ether oxygens (including phenoxy) is 1. The Hall–Kier alpha value is -2.24. The maximum atomic E-state index is 12.7. The Balaban J connectivity index is 2.13. The van der Waals surface area contributed by atoms with Crippen molar-refractivity contribution >= 4 is 46.5 Å². The van der Waals surface area contributed by atoms with Gasteiger partial charge < -0.3 is 9.64 Å². The van der Waals surface area contributed by atoms with Gasteiger partial charge in [0.25, 0.3) is 0 Å². The van der Waals surface area contributed by atoms with Crippen molar-refractivity contribution in [1.82, 2.24) is 4.90 Å². The van der Waals surface area contributed by atoms with Crippen LogP contribution in [0.4, 0.5) is 11.4 Å². The van der Waals surface area contributed by atoms with Crippen molar-refractivity contribution in [2.24, 2.45) is 4.99 Å². The van der Waals surface area contributed by atoms with E-state index < -0.39 is 6.04 Å². The van der Waals surface area contributed by atoms with Crippen molar-refractivity contribution in [2.45, 2.75) is 38.8 Å². The van der Waals surface area contributed by atoms with Crippen molar-refractivity contribution in [3.8, 4) is 0 Å². The number of halogens is 2. The van der Waals surface area contributed by atoms with E-state index >= 15 is 0 Å². The number of unbranched alkanes of at least 4 members (excludes halogenated alkanes) is 1. The quantitative estimate of drug-likeness (QED) is 0.561. The molecule has 1 saturated heterocycles. The molecule has 29 heavy (non-hydrogen) atoms. The number of carbonyl (C=O) groups is 1. The third-order valence-electron chi connectivity index (χ3n) is 5.05. The topological polar surface area (TPSA) is 45.1 Å². The third-order valence-corrected chi connectivity index (χ3v) is 5.56. The predicted molar refractivity (Wildman–Crippen MR) is 119 cm³/mol. The summed E-state index contributed by atoms with van der Waals surface area (Å²) in [6.45, 7) is 4.97. The molecule has 0 amide bonds. The molecule has 0 aromatic heterocycles. The van der Waals surface area contributed by atoms with Crippen molar-refractivity contribution < 1.29 is 9.53 Å². The zero-order chi connectivity index (χ0) is 21.0. The highest BCUT2D eigenvalue weighted by Gasteiger charge is 2.47. The number of guanidine groups is 1. The van der Waals surface area contributed by atoms with Crippen LogP contribution in [0.25, 0.3) is 0 Å². The van der Waals surface area contributed by atoms with E-state index in [9.17, 15) is 4.79 Å². The fourth-order valence-electron chi connectivity index (χ4n) is 3.51. The number of aliphatic imine (C=N–C) groups is 1. The zero-order valence-electron chi connectivity index (χ0n) is 16.8. The molecule has 0 saturated carbocycles. The van der Waals surface area contributed by atoms with E-state index in [1.807, 2.05) is 48.2 Å². The first-order valence-corrected chi connectivity index (χ1v) is 10.5. The Kier molecular flexibility index (Phi) is 7.04. The molecule has 0 aliphatic carbocycles. The van der Waals surface area contributed by atoms with Crippen LogP contribution in [-0.4, -0.2) is 42.6 Å². The number of methoxy groups -OCH3 is 1. The Morgan fingerprint density at radius 2 is 1.66 bits per heavy atom. The lowest BCUT2D eigenvalue weighted by Gasteiger charge is -2.25. The molecule has 0 radical (unpaired) electrons. The van der Waals surface area contributed by atoms with E-state index in [-0.39, 0.29) is 12.0 Å². The van der Waals surface area contributed by atoms with Crippen LogP contribution in [0.1, 0.15) is 26.7 Å². The number of anilines is 1. The van der Waals surface area contributed by atoms with E-state index in [2.05, 4.69) is 11.8 Å². The van der Waals surface area contributed by atoms with Gasteiger partial charge in [-0.15, -0.1) is 0 Å². The number of esters is 1. The fourth-order valence-corrected chi connectivity index (χ4v) is 3.77. The van der Waals surface area contributed by atoms with E-state index in [1.54, 1.807) is 12.1 Å². The minimum absolute atomic E-state index is 0.101. The number of rotatable bonds is 6. The number of carbonyl (C=O) groups excluding carboxylic acids is 1. The van der Waals surface area contributed by atoms with Gasteiger partial charge in [0.15, 0.2) is 6.04 Å². The number of nitrogens with zero attached hydrogens (tertiary/aromatic N) is 3. The molecule has 1 fully saturated rings. The third kappa shape index (κ3) is 4.68. The molecule has 0 N–H and O–H groups in total. The summed E-state index contributed by atoms with van der Waals surface area (Å²) in [5.41, 5.74) is 1.60. The summed E-state index contributed by atoms with van der Waals surface area (Å²) in [4.78, 5) is 21.8. The normalized spacial score (nSPS) is 20.4. The summed E-state index contributed by atoms with van der Waals surface area (Å²) in [5.74, 6) is 0.418. The molecule has 2 aromatic rings. The monoisotopic (exact) mass is 433 g/mol. The average molecular weight is 434 g/mol. The average Bonchev–Trinajstić information content (AvgIpc) is 2.99. The second-order valence-corrected chi connectivity index (χ2v) is 7.86. The minimum Gasteiger partial charge on any atom is -0.467 e. The first-order valence-electron chi connectivity index (χ1n) is 9.69. The summed E-state index contributed by atoms with van der Waals surface area (Å²) < 4.78 is 5.14. The van der Waals surface area contributed by atoms with Gasteiger partial charge in [0, 0.05) is 22.3 Å². The molecule has 1 aliphatic heterocycles. The highest BCUT2D eigenvalue weighted by Crippen LogP contribution is 2.33. The number of hydrogen-bond donors (Lipinski definition) is 0. The lowest BCUT2D eigenvalue weighted by atomic mass is 10.1. The molecule has 1 aliphatic rings. The van der Waals surface area contributed by atoms with Gasteiger partial charge in [-0.1, -0.05) is 36.5 Å². The molecular weight excluding hydrogens is 409 g/mol. The highest BCUT2D eigenvalue weighted by atomic mass is 35.5. The van der Waals surface area contributed by atoms with Gasteiger partial charge >= 0.3 is 5.97 Å². The van der Waals surface area contributed by atoms with Gasteiger partial charge in [-0.3, -0.25) is 4.90 Å². The van der Waals surface area contributed by atoms with Crippen molar-refractivity contribution in [2.75, 3.05) is 18.6 Å². The van der Waals surface area contributed by atoms with Gasteiger partial charge in [-0.05, 0) is 61.9 Å². The van der Waals surface area contributed by atoms with Crippen LogP contribution in [-0.2, 0) is 9.53 Å². The van der Waals surface area contributed by atoms with Crippen LogP contribution in [0.3, 0.4) is 0 Å². The summed E-state index contributed by atoms with van der Waals surface area (Å²) >= 11 is 12.1. The number of hydrogen-bond acceptors (Lipinski definition) is 3. The maximum Gasteiger partial charge on any atom is 0.331 e. The Labute approximate surface area is 181 Å². The summed E-state index contributed by atoms with van der Waals surface area (Å²) in [6.07, 6.45) is 2.04. The Bertz CT molecular complexity index is 869. The van der Waals surface area contributed by atoms with Crippen molar-refractivity contribution in [3.63, 3.8) is 0 Å². The molecule has 5 nitrogen and oxygen atoms in total. The second kappa shape index (κ2) is 9.51. The van der Waals surface area contributed by atoms with Crippen LogP contribution in [0, 0.1) is 0 Å². The van der Waals surface area contributed by atoms with Gasteiger partial charge in [0.2, 0.25) is 5.96 Å². The lowest BCUT2D eigenvalue weighted by molar-refractivity contribution is -0.142. The fraction of sp³-hybridized carbons (Fsp3) is 0.364. The minimum atomic E-state index is -0.510. The number of benzene rings is 2. The summed E-state index contributed by atoms with van der Waals surface area (Å²) in [5, 5.41) is 1.29. The largest absolute Gasteiger partial charge is 0.467 e. The molecule has 0 unspecified atom stereocenters. The Morgan fingerprint density at radius 1 is 1.07 bits per heavy atom. The van der Waals surface area contributed by atoms with E-state index in [0.29, 0.717) is 16.0 Å². The molecule has 3 rings (SSSR count). The molecule has 0 bridgehead atoms. The molecule has 0 spiro atoms. The smallest absolute Gasteiger partial charge is 0.331 e. The summed E-state index contributed by atoms with van der Waals surface area (Å²) in [6, 6.07) is 14.1. The van der Waals surface area contributed by atoms with Crippen molar-refractivity contribution in [1.29, 1.82) is 0 Å². The van der Waals surface area contributed by atoms with Crippen LogP contribution >= 0.6 is 23.2 Å². The predicted octanol–water partition coefficient (Wildman–Crippen LogP) is 5.53. The van der Waals surface area contributed by atoms with E-state index in [0.717, 1.165) is 30.8 Å². The van der Waals surface area contributed by atoms with E-state index in [4.69, 9.17) is 32.9 Å². The van der Waals surface area contributed by atoms with Crippen LogP contribution < -0.4 is 4.90 Å². The van der Waals surface area contributed by atoms with Crippen LogP contribution in [0.2, 0.25) is 10.0 Å². The lowest BCUT2D eigenvalue weighted by Crippen LogP contribution is -2.43. The molecule has 7 heteroatoms. The van der Waals surface area contributed by atoms with Crippen LogP contribution in [0.15, 0.2) is 53.5 Å².